The largest absolute Gasteiger partial charge is 0.478 e. The normalized spacial score (nSPS) is 10.9. The first-order valence-electron chi connectivity index (χ1n) is 6.13. The first-order chi connectivity index (χ1) is 10.1. The van der Waals surface area contributed by atoms with Gasteiger partial charge >= 0.3 is 5.97 Å². The van der Waals surface area contributed by atoms with Gasteiger partial charge in [0.15, 0.2) is 4.34 Å². The zero-order chi connectivity index (χ0) is 14.8. The van der Waals surface area contributed by atoms with Gasteiger partial charge in [0.2, 0.25) is 0 Å². The second-order valence-electron chi connectivity index (χ2n) is 4.35. The van der Waals surface area contributed by atoms with Gasteiger partial charge in [0.05, 0.1) is 15.8 Å². The number of hydrogen-bond donors (Lipinski definition) is 1. The maximum absolute atomic E-state index is 10.9. The van der Waals surface area contributed by atoms with Gasteiger partial charge in [-0.15, -0.1) is 11.3 Å². The predicted molar refractivity (Wildman–Crippen MR) is 87.6 cm³/mol. The third-order valence-corrected chi connectivity index (χ3v) is 5.51. The monoisotopic (exact) mass is 335 g/mol. The highest BCUT2D eigenvalue weighted by molar-refractivity contribution is 8.00. The van der Waals surface area contributed by atoms with Crippen LogP contribution >= 0.6 is 34.7 Å². The number of aromatic carboxylic acids is 1. The molecule has 0 aliphatic rings. The summed E-state index contributed by atoms with van der Waals surface area (Å²) in [5.74, 6) is -0.305. The molecule has 0 saturated carbocycles. The Morgan fingerprint density at radius 3 is 2.81 bits per heavy atom. The lowest BCUT2D eigenvalue weighted by atomic mass is 10.1. The third-order valence-electron chi connectivity index (χ3n) is 2.93. The molecule has 0 unspecified atom stereocenters. The summed E-state index contributed by atoms with van der Waals surface area (Å²) < 4.78 is 2.14. The molecule has 1 heterocycles. The molecule has 3 nitrogen and oxygen atoms in total. The number of hydrogen-bond acceptors (Lipinski definition) is 4. The lowest BCUT2D eigenvalue weighted by molar-refractivity contribution is 0.0697. The van der Waals surface area contributed by atoms with Gasteiger partial charge in [-0.2, -0.15) is 0 Å². The second kappa shape index (κ2) is 6.05. The summed E-state index contributed by atoms with van der Waals surface area (Å²) in [6.45, 7) is 0. The number of carboxylic acids is 1. The lowest BCUT2D eigenvalue weighted by Gasteiger charge is -2.03. The molecule has 6 heteroatoms. The molecule has 1 aromatic heterocycles. The molecule has 3 rings (SSSR count). The first kappa shape index (κ1) is 14.4. The van der Waals surface area contributed by atoms with Gasteiger partial charge in [-0.05, 0) is 29.8 Å². The van der Waals surface area contributed by atoms with Gasteiger partial charge in [0.1, 0.15) is 0 Å². The summed E-state index contributed by atoms with van der Waals surface area (Å²) >= 11 is 9.37. The number of para-hydroxylation sites is 1. The summed E-state index contributed by atoms with van der Waals surface area (Å²) in [6.07, 6.45) is 0. The fourth-order valence-electron chi connectivity index (χ4n) is 1.85. The Hall–Kier alpha value is -1.56. The quantitative estimate of drug-likeness (QED) is 0.686. The number of fused-ring (bicyclic) bond motifs is 1. The molecule has 0 aliphatic carbocycles. The molecule has 0 bridgehead atoms. The Bertz CT molecular complexity index is 783. The number of rotatable bonds is 4. The smallest absolute Gasteiger partial charge is 0.335 e. The molecule has 0 aliphatic heterocycles. The Labute approximate surface area is 134 Å². The van der Waals surface area contributed by atoms with Crippen molar-refractivity contribution < 1.29 is 9.90 Å². The number of halogens is 1. The molecule has 2 aromatic carbocycles. The summed E-state index contributed by atoms with van der Waals surface area (Å²) in [6, 6.07) is 12.8. The van der Waals surface area contributed by atoms with Crippen LogP contribution in [0.3, 0.4) is 0 Å². The second-order valence-corrected chi connectivity index (χ2v) is 7.01. The van der Waals surface area contributed by atoms with Crippen molar-refractivity contribution in [1.82, 2.24) is 4.98 Å². The van der Waals surface area contributed by atoms with Crippen LogP contribution in [0.5, 0.6) is 0 Å². The predicted octanol–water partition coefficient (Wildman–Crippen LogP) is 4.94. The number of thiazole rings is 1. The van der Waals surface area contributed by atoms with Crippen LogP contribution in [0.25, 0.3) is 10.2 Å². The molecule has 3 aromatic rings. The van der Waals surface area contributed by atoms with Crippen molar-refractivity contribution in [2.24, 2.45) is 0 Å². The molecule has 106 valence electrons. The van der Waals surface area contributed by atoms with Crippen LogP contribution < -0.4 is 0 Å². The maximum Gasteiger partial charge on any atom is 0.335 e. The number of aromatic nitrogens is 1. The average molecular weight is 336 g/mol. The summed E-state index contributed by atoms with van der Waals surface area (Å²) in [5, 5.41) is 9.39. The molecular formula is C15H10ClNO2S2. The molecule has 0 radical (unpaired) electrons. The summed E-state index contributed by atoms with van der Waals surface area (Å²) in [5.41, 5.74) is 2.11. The van der Waals surface area contributed by atoms with Gasteiger partial charge < -0.3 is 5.11 Å². The molecule has 21 heavy (non-hydrogen) atoms. The van der Waals surface area contributed by atoms with E-state index >= 15 is 0 Å². The molecule has 0 atom stereocenters. The van der Waals surface area contributed by atoms with Crippen molar-refractivity contribution in [2.75, 3.05) is 0 Å². The minimum absolute atomic E-state index is 0.203. The molecule has 0 amide bonds. The van der Waals surface area contributed by atoms with Crippen molar-refractivity contribution in [1.29, 1.82) is 0 Å². The van der Waals surface area contributed by atoms with Crippen LogP contribution in [0.4, 0.5) is 0 Å². The van der Waals surface area contributed by atoms with Crippen LogP contribution in [-0.2, 0) is 5.75 Å². The van der Waals surface area contributed by atoms with E-state index in [1.54, 1.807) is 35.2 Å². The van der Waals surface area contributed by atoms with E-state index in [0.717, 1.165) is 20.1 Å². The fraction of sp³-hybridized carbons (Fsp3) is 0.0667. The van der Waals surface area contributed by atoms with E-state index in [2.05, 4.69) is 4.98 Å². The van der Waals surface area contributed by atoms with E-state index in [0.29, 0.717) is 10.8 Å². The zero-order valence-electron chi connectivity index (χ0n) is 10.7. The minimum atomic E-state index is -0.970. The number of thioether (sulfide) groups is 1. The minimum Gasteiger partial charge on any atom is -0.478 e. The first-order valence-corrected chi connectivity index (χ1v) is 8.31. The average Bonchev–Trinajstić information content (AvgIpc) is 2.88. The number of benzene rings is 2. The van der Waals surface area contributed by atoms with E-state index in [4.69, 9.17) is 16.7 Å². The Morgan fingerprint density at radius 2 is 2.10 bits per heavy atom. The Balaban J connectivity index is 1.76. The topological polar surface area (TPSA) is 50.2 Å². The molecule has 0 fully saturated rings. The van der Waals surface area contributed by atoms with Gasteiger partial charge in [-0.25, -0.2) is 9.78 Å². The number of nitrogens with zero attached hydrogens (tertiary/aromatic N) is 1. The zero-order valence-corrected chi connectivity index (χ0v) is 13.1. The van der Waals surface area contributed by atoms with Crippen LogP contribution in [0.15, 0.2) is 46.8 Å². The standard InChI is InChI=1S/C15H10ClNO2S2/c16-11-7-9(14(18)19)5-6-10(11)8-20-15-17-12-3-1-2-4-13(12)21-15/h1-7H,8H2,(H,18,19). The van der Waals surface area contributed by atoms with E-state index in [-0.39, 0.29) is 5.56 Å². The SMILES string of the molecule is O=C(O)c1ccc(CSc2nc3ccccc3s2)c(Cl)c1. The van der Waals surface area contributed by atoms with E-state index < -0.39 is 5.97 Å². The van der Waals surface area contributed by atoms with Crippen molar-refractivity contribution in [2.45, 2.75) is 10.1 Å². The van der Waals surface area contributed by atoms with Crippen molar-refractivity contribution >= 4 is 50.9 Å². The van der Waals surface area contributed by atoms with Crippen molar-refractivity contribution in [3.05, 3.63) is 58.6 Å². The van der Waals surface area contributed by atoms with Crippen LogP contribution in [0.1, 0.15) is 15.9 Å². The number of carbonyl (C=O) groups is 1. The molecular weight excluding hydrogens is 326 g/mol. The molecule has 1 N–H and O–H groups in total. The third kappa shape index (κ3) is 3.20. The highest BCUT2D eigenvalue weighted by Gasteiger charge is 2.09. The van der Waals surface area contributed by atoms with Gasteiger partial charge in [-0.1, -0.05) is 41.6 Å². The summed E-state index contributed by atoms with van der Waals surface area (Å²) in [4.78, 5) is 15.4. The van der Waals surface area contributed by atoms with Gasteiger partial charge in [0.25, 0.3) is 0 Å². The van der Waals surface area contributed by atoms with Gasteiger partial charge in [0, 0.05) is 10.8 Å². The van der Waals surface area contributed by atoms with Crippen molar-refractivity contribution in [3.63, 3.8) is 0 Å². The van der Waals surface area contributed by atoms with Crippen LogP contribution in [0, 0.1) is 0 Å². The van der Waals surface area contributed by atoms with Crippen LogP contribution in [0.2, 0.25) is 5.02 Å². The Morgan fingerprint density at radius 1 is 1.29 bits per heavy atom. The highest BCUT2D eigenvalue weighted by Crippen LogP contribution is 2.33. The van der Waals surface area contributed by atoms with Gasteiger partial charge in [-0.3, -0.25) is 0 Å². The van der Waals surface area contributed by atoms with Crippen molar-refractivity contribution in [3.8, 4) is 0 Å². The molecule has 0 spiro atoms. The molecule has 0 saturated heterocycles. The number of carboxylic acid groups (broad SMARTS) is 1. The van der Waals surface area contributed by atoms with E-state index in [1.165, 1.54) is 6.07 Å². The highest BCUT2D eigenvalue weighted by atomic mass is 35.5. The van der Waals surface area contributed by atoms with Crippen LogP contribution in [-0.4, -0.2) is 16.1 Å². The van der Waals surface area contributed by atoms with E-state index in [9.17, 15) is 4.79 Å². The maximum atomic E-state index is 10.9. The lowest BCUT2D eigenvalue weighted by Crippen LogP contribution is -1.96. The van der Waals surface area contributed by atoms with E-state index in [1.807, 2.05) is 24.3 Å². The Kier molecular flexibility index (Phi) is 4.14. The fourth-order valence-corrected chi connectivity index (χ4v) is 4.25. The summed E-state index contributed by atoms with van der Waals surface area (Å²) in [7, 11) is 0.